The maximum atomic E-state index is 12.5. The van der Waals surface area contributed by atoms with Crippen LogP contribution in [0.3, 0.4) is 0 Å². The second-order valence-corrected chi connectivity index (χ2v) is 5.81. The molecule has 1 aromatic carbocycles. The number of sulfone groups is 1. The molecule has 1 unspecified atom stereocenters. The molecule has 0 aliphatic rings. The molecule has 0 aliphatic carbocycles. The highest BCUT2D eigenvalue weighted by molar-refractivity contribution is 7.91. The van der Waals surface area contributed by atoms with Crippen LogP contribution in [0, 0.1) is 5.92 Å². The van der Waals surface area contributed by atoms with Gasteiger partial charge in [-0.1, -0.05) is 19.1 Å². The fourth-order valence-corrected chi connectivity index (χ4v) is 2.16. The van der Waals surface area contributed by atoms with Gasteiger partial charge in [-0.3, -0.25) is 4.79 Å². The van der Waals surface area contributed by atoms with E-state index in [2.05, 4.69) is 5.32 Å². The molecule has 0 aliphatic heterocycles. The minimum atomic E-state index is -4.76. The summed E-state index contributed by atoms with van der Waals surface area (Å²) >= 11 is 0. The summed E-state index contributed by atoms with van der Waals surface area (Å²) in [6, 6.07) is 5.01. The van der Waals surface area contributed by atoms with Crippen LogP contribution in [0.1, 0.15) is 6.92 Å². The Morgan fingerprint density at radius 3 is 2.47 bits per heavy atom. The molecule has 1 aromatic rings. The van der Waals surface area contributed by atoms with Gasteiger partial charge in [0.25, 0.3) is 0 Å². The number of rotatable bonds is 5. The largest absolute Gasteiger partial charge is 0.341 e. The van der Waals surface area contributed by atoms with Crippen LogP contribution >= 0.6 is 0 Å². The maximum Gasteiger partial charge on any atom is 0.341 e. The van der Waals surface area contributed by atoms with E-state index in [4.69, 9.17) is 5.73 Å². The number of nitrogens with one attached hydrogen (secondary N) is 1. The Balaban J connectivity index is 3.14. The van der Waals surface area contributed by atoms with Crippen molar-refractivity contribution in [2.75, 3.05) is 11.9 Å². The van der Waals surface area contributed by atoms with Crippen molar-refractivity contribution in [2.45, 2.75) is 17.6 Å². The van der Waals surface area contributed by atoms with Crippen molar-refractivity contribution in [2.24, 2.45) is 11.7 Å². The molecule has 1 amide bonds. The summed E-state index contributed by atoms with van der Waals surface area (Å²) in [6.07, 6.45) is 0. The van der Waals surface area contributed by atoms with E-state index in [-0.39, 0.29) is 12.2 Å². The third-order valence-electron chi connectivity index (χ3n) is 2.49. The molecular weight excluding hydrogens is 278 g/mol. The summed E-state index contributed by atoms with van der Waals surface area (Å²) < 4.78 is 47.9. The Hall–Kier alpha value is -1.54. The normalized spacial score (nSPS) is 13.3. The standard InChI is InChI=1S/C11H14F2N2O3S/c1-7(6-14)10(16)15-8-4-2-3-5-9(8)19(17,18)11(12)13/h2-5,7,11H,6,14H2,1H3,(H,15,16). The maximum absolute atomic E-state index is 12.5. The van der Waals surface area contributed by atoms with Crippen LogP contribution in [0.15, 0.2) is 29.2 Å². The van der Waals surface area contributed by atoms with Gasteiger partial charge in [0.05, 0.1) is 10.6 Å². The Bertz CT molecular complexity index is 561. The summed E-state index contributed by atoms with van der Waals surface area (Å²) in [6.45, 7) is 1.61. The molecule has 8 heteroatoms. The van der Waals surface area contributed by atoms with E-state index < -0.39 is 32.3 Å². The van der Waals surface area contributed by atoms with Crippen molar-refractivity contribution in [3.63, 3.8) is 0 Å². The molecule has 0 saturated heterocycles. The van der Waals surface area contributed by atoms with Gasteiger partial charge in [0, 0.05) is 12.5 Å². The molecule has 106 valence electrons. The van der Waals surface area contributed by atoms with Gasteiger partial charge in [-0.2, -0.15) is 8.78 Å². The van der Waals surface area contributed by atoms with Crippen LogP contribution in [-0.2, 0) is 14.6 Å². The highest BCUT2D eigenvalue weighted by atomic mass is 32.2. The first kappa shape index (κ1) is 15.5. The number of nitrogens with two attached hydrogens (primary N) is 1. The number of carbonyl (C=O) groups is 1. The minimum Gasteiger partial charge on any atom is -0.330 e. The minimum absolute atomic E-state index is 0.0651. The number of carbonyl (C=O) groups excluding carboxylic acids is 1. The zero-order valence-electron chi connectivity index (χ0n) is 10.1. The fraction of sp³-hybridized carbons (Fsp3) is 0.364. The number of hydrogen-bond donors (Lipinski definition) is 2. The van der Waals surface area contributed by atoms with Crippen LogP contribution < -0.4 is 11.1 Å². The number of alkyl halides is 2. The highest BCUT2D eigenvalue weighted by Gasteiger charge is 2.29. The molecule has 3 N–H and O–H groups in total. The molecule has 5 nitrogen and oxygen atoms in total. The number of anilines is 1. The zero-order chi connectivity index (χ0) is 14.6. The Morgan fingerprint density at radius 2 is 1.95 bits per heavy atom. The quantitative estimate of drug-likeness (QED) is 0.854. The molecule has 0 heterocycles. The van der Waals surface area contributed by atoms with E-state index >= 15 is 0 Å². The molecule has 0 spiro atoms. The van der Waals surface area contributed by atoms with E-state index in [1.807, 2.05) is 0 Å². The van der Waals surface area contributed by atoms with Crippen LogP contribution in [0.2, 0.25) is 0 Å². The van der Waals surface area contributed by atoms with Gasteiger partial charge in [0.2, 0.25) is 15.7 Å². The first-order valence-electron chi connectivity index (χ1n) is 5.42. The summed E-state index contributed by atoms with van der Waals surface area (Å²) in [4.78, 5) is 11.0. The van der Waals surface area contributed by atoms with E-state index in [1.54, 1.807) is 6.92 Å². The summed E-state index contributed by atoms with van der Waals surface area (Å²) in [5, 5.41) is 2.29. The molecule has 0 fully saturated rings. The fourth-order valence-electron chi connectivity index (χ4n) is 1.28. The predicted molar refractivity (Wildman–Crippen MR) is 66.5 cm³/mol. The number of amides is 1. The SMILES string of the molecule is CC(CN)C(=O)Nc1ccccc1S(=O)(=O)C(F)F. The number of hydrogen-bond acceptors (Lipinski definition) is 4. The molecular formula is C11H14F2N2O3S. The molecule has 19 heavy (non-hydrogen) atoms. The molecule has 1 atom stereocenters. The smallest absolute Gasteiger partial charge is 0.330 e. The first-order chi connectivity index (χ1) is 8.80. The number of para-hydroxylation sites is 1. The van der Waals surface area contributed by atoms with Crippen molar-refractivity contribution in [3.8, 4) is 0 Å². The third kappa shape index (κ3) is 3.48. The predicted octanol–water partition coefficient (Wildman–Crippen LogP) is 1.22. The molecule has 0 saturated carbocycles. The van der Waals surface area contributed by atoms with Gasteiger partial charge >= 0.3 is 5.76 Å². The average Bonchev–Trinajstić information content (AvgIpc) is 2.37. The van der Waals surface area contributed by atoms with Gasteiger partial charge in [0.15, 0.2) is 0 Å². The highest BCUT2D eigenvalue weighted by Crippen LogP contribution is 2.26. The van der Waals surface area contributed by atoms with E-state index in [9.17, 15) is 22.0 Å². The van der Waals surface area contributed by atoms with Gasteiger partial charge in [-0.25, -0.2) is 8.42 Å². The Kier molecular flexibility index (Phi) is 4.96. The van der Waals surface area contributed by atoms with Crippen LogP contribution in [0.5, 0.6) is 0 Å². The van der Waals surface area contributed by atoms with Crippen molar-refractivity contribution < 1.29 is 22.0 Å². The second-order valence-electron chi connectivity index (χ2n) is 3.93. The summed E-state index contributed by atoms with van der Waals surface area (Å²) in [5.41, 5.74) is 5.13. The van der Waals surface area contributed by atoms with Gasteiger partial charge < -0.3 is 11.1 Å². The van der Waals surface area contributed by atoms with E-state index in [0.717, 1.165) is 6.07 Å². The van der Waals surface area contributed by atoms with Crippen LogP contribution in [0.4, 0.5) is 14.5 Å². The molecule has 0 radical (unpaired) electrons. The van der Waals surface area contributed by atoms with Crippen LogP contribution in [-0.4, -0.2) is 26.6 Å². The Morgan fingerprint density at radius 1 is 1.37 bits per heavy atom. The molecule has 0 bridgehead atoms. The lowest BCUT2D eigenvalue weighted by molar-refractivity contribution is -0.119. The average molecular weight is 292 g/mol. The second kappa shape index (κ2) is 6.07. The van der Waals surface area contributed by atoms with E-state index in [0.29, 0.717) is 0 Å². The topological polar surface area (TPSA) is 89.3 Å². The summed E-state index contributed by atoms with van der Waals surface area (Å²) in [7, 11) is -4.76. The van der Waals surface area contributed by atoms with Gasteiger partial charge in [0.1, 0.15) is 0 Å². The zero-order valence-corrected chi connectivity index (χ0v) is 11.0. The molecule has 1 rings (SSSR count). The van der Waals surface area contributed by atoms with Gasteiger partial charge in [-0.15, -0.1) is 0 Å². The Labute approximate surface area is 109 Å². The first-order valence-corrected chi connectivity index (χ1v) is 6.97. The van der Waals surface area contributed by atoms with Crippen molar-refractivity contribution in [1.29, 1.82) is 0 Å². The van der Waals surface area contributed by atoms with Crippen molar-refractivity contribution in [3.05, 3.63) is 24.3 Å². The summed E-state index contributed by atoms with van der Waals surface area (Å²) in [5.74, 6) is -4.63. The lowest BCUT2D eigenvalue weighted by atomic mass is 10.1. The molecule has 0 aromatic heterocycles. The third-order valence-corrected chi connectivity index (χ3v) is 3.93. The number of benzene rings is 1. The lowest BCUT2D eigenvalue weighted by Gasteiger charge is -2.13. The number of halogens is 2. The van der Waals surface area contributed by atoms with Gasteiger partial charge in [-0.05, 0) is 12.1 Å². The monoisotopic (exact) mass is 292 g/mol. The van der Waals surface area contributed by atoms with E-state index in [1.165, 1.54) is 18.2 Å². The van der Waals surface area contributed by atoms with Crippen molar-refractivity contribution >= 4 is 21.4 Å². The van der Waals surface area contributed by atoms with Crippen molar-refractivity contribution in [1.82, 2.24) is 0 Å². The van der Waals surface area contributed by atoms with Crippen LogP contribution in [0.25, 0.3) is 0 Å². The lowest BCUT2D eigenvalue weighted by Crippen LogP contribution is -2.27.